The highest BCUT2D eigenvalue weighted by atomic mass is 16.6. The molecule has 1 aromatic carbocycles. The van der Waals surface area contributed by atoms with Crippen LogP contribution in [0.1, 0.15) is 39.0 Å². The lowest BCUT2D eigenvalue weighted by Gasteiger charge is -2.19. The van der Waals surface area contributed by atoms with E-state index in [-0.39, 0.29) is 12.5 Å². The average Bonchev–Trinajstić information content (AvgIpc) is 2.75. The predicted molar refractivity (Wildman–Crippen MR) is 83.1 cm³/mol. The van der Waals surface area contributed by atoms with Gasteiger partial charge in [0, 0.05) is 23.9 Å². The zero-order chi connectivity index (χ0) is 15.5. The Morgan fingerprint density at radius 3 is 2.67 bits per heavy atom. The van der Waals surface area contributed by atoms with E-state index in [2.05, 4.69) is 12.2 Å². The van der Waals surface area contributed by atoms with Crippen LogP contribution in [0.3, 0.4) is 0 Å². The molecule has 1 N–H and O–H groups in total. The molecule has 4 heteroatoms. The molecule has 0 saturated carbocycles. The third-order valence-electron chi connectivity index (χ3n) is 3.09. The van der Waals surface area contributed by atoms with Gasteiger partial charge in [0.2, 0.25) is 0 Å². The lowest BCUT2D eigenvalue weighted by atomic mass is 10.1. The fourth-order valence-electron chi connectivity index (χ4n) is 2.30. The molecule has 1 heterocycles. The molecule has 2 aromatic rings. The normalized spacial score (nSPS) is 11.8. The molecule has 0 bridgehead atoms. The van der Waals surface area contributed by atoms with E-state index in [4.69, 9.17) is 9.15 Å². The third-order valence-corrected chi connectivity index (χ3v) is 3.09. The summed E-state index contributed by atoms with van der Waals surface area (Å²) in [5.41, 5.74) is 1.57. The smallest absolute Gasteiger partial charge is 0.320 e. The number of para-hydroxylation sites is 1. The van der Waals surface area contributed by atoms with Crippen molar-refractivity contribution in [1.29, 1.82) is 0 Å². The van der Waals surface area contributed by atoms with E-state index in [1.54, 1.807) is 0 Å². The van der Waals surface area contributed by atoms with Gasteiger partial charge in [0.1, 0.15) is 16.9 Å². The van der Waals surface area contributed by atoms with Crippen molar-refractivity contribution < 1.29 is 13.9 Å². The average molecular weight is 289 g/mol. The van der Waals surface area contributed by atoms with Gasteiger partial charge in [-0.15, -0.1) is 0 Å². The molecule has 0 aliphatic heterocycles. The Hall–Kier alpha value is -1.81. The van der Waals surface area contributed by atoms with Gasteiger partial charge in [0.05, 0.1) is 6.54 Å². The number of nitrogens with one attached hydrogen (secondary N) is 1. The Kier molecular flexibility index (Phi) is 4.68. The van der Waals surface area contributed by atoms with Crippen molar-refractivity contribution in [3.63, 3.8) is 0 Å². The maximum atomic E-state index is 11.7. The Morgan fingerprint density at radius 2 is 2.00 bits per heavy atom. The van der Waals surface area contributed by atoms with Crippen LogP contribution in [-0.2, 0) is 22.5 Å². The predicted octanol–water partition coefficient (Wildman–Crippen LogP) is 3.43. The van der Waals surface area contributed by atoms with E-state index in [1.807, 2.05) is 45.0 Å². The molecule has 0 unspecified atom stereocenters. The first kappa shape index (κ1) is 15.6. The van der Waals surface area contributed by atoms with Crippen LogP contribution >= 0.6 is 0 Å². The third kappa shape index (κ3) is 4.08. The van der Waals surface area contributed by atoms with Crippen LogP contribution in [0, 0.1) is 0 Å². The first-order valence-electron chi connectivity index (χ1n) is 7.32. The van der Waals surface area contributed by atoms with Crippen LogP contribution in [0.2, 0.25) is 0 Å². The summed E-state index contributed by atoms with van der Waals surface area (Å²) < 4.78 is 11.1. The topological polar surface area (TPSA) is 51.5 Å². The van der Waals surface area contributed by atoms with Crippen LogP contribution in [0.5, 0.6) is 0 Å². The number of hydrogen-bond acceptors (Lipinski definition) is 4. The van der Waals surface area contributed by atoms with Gasteiger partial charge in [0.25, 0.3) is 0 Å². The number of esters is 1. The largest absolute Gasteiger partial charge is 0.461 e. The summed E-state index contributed by atoms with van der Waals surface area (Å²) in [5, 5.41) is 4.25. The molecule has 0 aliphatic rings. The summed E-state index contributed by atoms with van der Waals surface area (Å²) in [5.74, 6) is 0.723. The molecule has 2 rings (SSSR count). The number of aryl methyl sites for hydroxylation is 1. The Labute approximate surface area is 125 Å². The zero-order valence-electron chi connectivity index (χ0n) is 13.2. The molecule has 0 spiro atoms. The number of rotatable bonds is 5. The highest BCUT2D eigenvalue weighted by molar-refractivity contribution is 5.82. The molecule has 0 fully saturated rings. The minimum atomic E-state index is -0.449. The highest BCUT2D eigenvalue weighted by Gasteiger charge is 2.17. The fraction of sp³-hybridized carbons (Fsp3) is 0.471. The van der Waals surface area contributed by atoms with Crippen molar-refractivity contribution in [2.75, 3.05) is 6.54 Å². The molecule has 114 valence electrons. The lowest BCUT2D eigenvalue weighted by molar-refractivity contribution is -0.153. The van der Waals surface area contributed by atoms with E-state index < -0.39 is 5.60 Å². The zero-order valence-corrected chi connectivity index (χ0v) is 13.2. The molecule has 4 nitrogen and oxygen atoms in total. The van der Waals surface area contributed by atoms with E-state index in [1.165, 1.54) is 0 Å². The van der Waals surface area contributed by atoms with E-state index in [9.17, 15) is 4.79 Å². The monoisotopic (exact) mass is 289 g/mol. The quantitative estimate of drug-likeness (QED) is 0.857. The number of furan rings is 1. The van der Waals surface area contributed by atoms with Gasteiger partial charge in [-0.05, 0) is 26.8 Å². The second-order valence-electron chi connectivity index (χ2n) is 6.04. The second-order valence-corrected chi connectivity index (χ2v) is 6.04. The Balaban J connectivity index is 2.02. The molecule has 0 aliphatic carbocycles. The number of carbonyl (C=O) groups is 1. The Morgan fingerprint density at radius 1 is 1.29 bits per heavy atom. The molecular formula is C17H23NO3. The molecule has 0 amide bonds. The van der Waals surface area contributed by atoms with Crippen LogP contribution in [0.15, 0.2) is 28.7 Å². The maximum absolute atomic E-state index is 11.7. The van der Waals surface area contributed by atoms with Crippen molar-refractivity contribution in [2.45, 2.75) is 46.3 Å². The van der Waals surface area contributed by atoms with Crippen molar-refractivity contribution in [1.82, 2.24) is 5.32 Å². The van der Waals surface area contributed by atoms with Gasteiger partial charge < -0.3 is 14.5 Å². The summed E-state index contributed by atoms with van der Waals surface area (Å²) >= 11 is 0. The van der Waals surface area contributed by atoms with Gasteiger partial charge in [-0.2, -0.15) is 0 Å². The summed E-state index contributed by atoms with van der Waals surface area (Å²) in [7, 11) is 0. The SMILES string of the molecule is CCc1oc2ccccc2c1CNCC(=O)OC(C)(C)C. The van der Waals surface area contributed by atoms with E-state index in [0.29, 0.717) is 6.54 Å². The first-order chi connectivity index (χ1) is 9.90. The number of fused-ring (bicyclic) bond motifs is 1. The van der Waals surface area contributed by atoms with Crippen LogP contribution in [0.4, 0.5) is 0 Å². The minimum Gasteiger partial charge on any atom is -0.461 e. The van der Waals surface area contributed by atoms with Crippen LogP contribution < -0.4 is 5.32 Å². The minimum absolute atomic E-state index is 0.194. The summed E-state index contributed by atoms with van der Waals surface area (Å²) in [4.78, 5) is 11.7. The van der Waals surface area contributed by atoms with Gasteiger partial charge in [-0.25, -0.2) is 0 Å². The summed E-state index contributed by atoms with van der Waals surface area (Å²) in [6, 6.07) is 7.96. The van der Waals surface area contributed by atoms with Crippen molar-refractivity contribution in [3.05, 3.63) is 35.6 Å². The molecular weight excluding hydrogens is 266 g/mol. The number of benzene rings is 1. The van der Waals surface area contributed by atoms with Crippen molar-refractivity contribution >= 4 is 16.9 Å². The summed E-state index contributed by atoms with van der Waals surface area (Å²) in [6.45, 7) is 8.45. The van der Waals surface area contributed by atoms with Crippen molar-refractivity contribution in [2.24, 2.45) is 0 Å². The fourth-order valence-corrected chi connectivity index (χ4v) is 2.30. The first-order valence-corrected chi connectivity index (χ1v) is 7.32. The lowest BCUT2D eigenvalue weighted by Crippen LogP contribution is -2.31. The Bertz CT molecular complexity index is 622. The molecule has 0 atom stereocenters. The number of hydrogen-bond donors (Lipinski definition) is 1. The summed E-state index contributed by atoms with van der Waals surface area (Å²) in [6.07, 6.45) is 0.831. The molecule has 21 heavy (non-hydrogen) atoms. The van der Waals surface area contributed by atoms with E-state index >= 15 is 0 Å². The number of ether oxygens (including phenoxy) is 1. The number of carbonyl (C=O) groups excluding carboxylic acids is 1. The van der Waals surface area contributed by atoms with Crippen molar-refractivity contribution in [3.8, 4) is 0 Å². The van der Waals surface area contributed by atoms with Crippen LogP contribution in [-0.4, -0.2) is 18.1 Å². The van der Waals surface area contributed by atoms with Gasteiger partial charge in [0.15, 0.2) is 0 Å². The second kappa shape index (κ2) is 6.31. The molecule has 1 aromatic heterocycles. The van der Waals surface area contributed by atoms with Gasteiger partial charge in [-0.3, -0.25) is 4.79 Å². The van der Waals surface area contributed by atoms with E-state index in [0.717, 1.165) is 28.7 Å². The maximum Gasteiger partial charge on any atom is 0.320 e. The molecule has 0 radical (unpaired) electrons. The standard InChI is InChI=1S/C17H23NO3/c1-5-14-13(12-8-6-7-9-15(12)20-14)10-18-11-16(19)21-17(2,3)4/h6-9,18H,5,10-11H2,1-4H3. The van der Waals surface area contributed by atoms with Crippen LogP contribution in [0.25, 0.3) is 11.0 Å². The molecule has 0 saturated heterocycles. The van der Waals surface area contributed by atoms with Gasteiger partial charge in [-0.1, -0.05) is 25.1 Å². The van der Waals surface area contributed by atoms with Gasteiger partial charge >= 0.3 is 5.97 Å². The highest BCUT2D eigenvalue weighted by Crippen LogP contribution is 2.26.